The van der Waals surface area contributed by atoms with Crippen LogP contribution in [0.2, 0.25) is 0 Å². The van der Waals surface area contributed by atoms with Crippen LogP contribution >= 0.6 is 0 Å². The van der Waals surface area contributed by atoms with Gasteiger partial charge in [-0.3, -0.25) is 5.32 Å². The van der Waals surface area contributed by atoms with Crippen molar-refractivity contribution in [2.24, 2.45) is 0 Å². The highest BCUT2D eigenvalue weighted by Gasteiger charge is 2.09. The quantitative estimate of drug-likeness (QED) is 0.834. The van der Waals surface area contributed by atoms with Crippen LogP contribution in [0.4, 0.5) is 16.2 Å². The first-order valence-corrected chi connectivity index (χ1v) is 7.09. The van der Waals surface area contributed by atoms with Gasteiger partial charge < -0.3 is 10.5 Å². The molecule has 0 heterocycles. The molecule has 0 aliphatic rings. The van der Waals surface area contributed by atoms with E-state index in [2.05, 4.69) is 5.32 Å². The Morgan fingerprint density at radius 2 is 1.67 bits per heavy atom. The molecule has 2 rings (SSSR count). The molecule has 2 aromatic carbocycles. The Bertz CT molecular complexity index is 599. The predicted octanol–water partition coefficient (Wildman–Crippen LogP) is 4.00. The molecular formula is C17H20N2O2. The number of anilines is 2. The van der Waals surface area contributed by atoms with Crippen molar-refractivity contribution in [2.75, 3.05) is 11.1 Å². The first-order valence-electron chi connectivity index (χ1n) is 7.09. The molecular weight excluding hydrogens is 264 g/mol. The van der Waals surface area contributed by atoms with Crippen LogP contribution in [0, 0.1) is 0 Å². The Morgan fingerprint density at radius 3 is 2.19 bits per heavy atom. The predicted molar refractivity (Wildman–Crippen MR) is 85.7 cm³/mol. The Morgan fingerprint density at radius 1 is 1.10 bits per heavy atom. The minimum atomic E-state index is -0.505. The molecule has 0 unspecified atom stereocenters. The third-order valence-corrected chi connectivity index (χ3v) is 3.31. The molecule has 3 N–H and O–H groups in total. The van der Waals surface area contributed by atoms with E-state index in [4.69, 9.17) is 10.5 Å². The standard InChI is InChI=1S/C17H20N2O2/c1-3-12-10-14(11-13(4-2)16(12)18)19-17(20)21-15-8-6-5-7-9-15/h5-11H,3-4,18H2,1-2H3,(H,19,20). The number of nitrogens with one attached hydrogen (secondary N) is 1. The van der Waals surface area contributed by atoms with Gasteiger partial charge in [0.1, 0.15) is 5.75 Å². The zero-order valence-corrected chi connectivity index (χ0v) is 12.3. The number of carbonyl (C=O) groups excluding carboxylic acids is 1. The van der Waals surface area contributed by atoms with E-state index in [1.54, 1.807) is 12.1 Å². The topological polar surface area (TPSA) is 64.3 Å². The summed E-state index contributed by atoms with van der Waals surface area (Å²) in [5.41, 5.74) is 9.66. The number of amides is 1. The smallest absolute Gasteiger partial charge is 0.410 e. The summed E-state index contributed by atoms with van der Waals surface area (Å²) in [6.45, 7) is 4.08. The number of carbonyl (C=O) groups is 1. The average Bonchev–Trinajstić information content (AvgIpc) is 2.49. The lowest BCUT2D eigenvalue weighted by molar-refractivity contribution is 0.215. The number of ether oxygens (including phenoxy) is 1. The van der Waals surface area contributed by atoms with E-state index >= 15 is 0 Å². The maximum absolute atomic E-state index is 11.9. The summed E-state index contributed by atoms with van der Waals surface area (Å²) in [7, 11) is 0. The highest BCUT2D eigenvalue weighted by Crippen LogP contribution is 2.24. The normalized spacial score (nSPS) is 10.2. The minimum absolute atomic E-state index is 0.505. The number of nitrogen functional groups attached to an aromatic ring is 1. The monoisotopic (exact) mass is 284 g/mol. The molecule has 0 aromatic heterocycles. The molecule has 0 bridgehead atoms. The number of hydrogen-bond donors (Lipinski definition) is 2. The van der Waals surface area contributed by atoms with E-state index < -0.39 is 6.09 Å². The number of benzene rings is 2. The Labute approximate surface area is 124 Å². The third-order valence-electron chi connectivity index (χ3n) is 3.31. The van der Waals surface area contributed by atoms with Crippen molar-refractivity contribution in [3.05, 3.63) is 53.6 Å². The average molecular weight is 284 g/mol. The van der Waals surface area contributed by atoms with E-state index in [-0.39, 0.29) is 0 Å². The number of rotatable bonds is 4. The molecule has 4 nitrogen and oxygen atoms in total. The van der Waals surface area contributed by atoms with Gasteiger partial charge >= 0.3 is 6.09 Å². The van der Waals surface area contributed by atoms with E-state index in [0.717, 1.165) is 29.7 Å². The molecule has 0 spiro atoms. The second-order valence-electron chi connectivity index (χ2n) is 4.74. The van der Waals surface area contributed by atoms with E-state index in [1.165, 1.54) is 0 Å². The van der Waals surface area contributed by atoms with E-state index in [1.807, 2.05) is 44.2 Å². The van der Waals surface area contributed by atoms with Crippen LogP contribution in [0.3, 0.4) is 0 Å². The summed E-state index contributed by atoms with van der Waals surface area (Å²) < 4.78 is 5.21. The van der Waals surface area contributed by atoms with Crippen molar-refractivity contribution in [3.8, 4) is 5.75 Å². The lowest BCUT2D eigenvalue weighted by Crippen LogP contribution is -2.17. The van der Waals surface area contributed by atoms with E-state index in [9.17, 15) is 4.79 Å². The number of nitrogens with two attached hydrogens (primary N) is 1. The molecule has 1 amide bonds. The van der Waals surface area contributed by atoms with Gasteiger partial charge in [0, 0.05) is 11.4 Å². The molecule has 0 aliphatic heterocycles. The molecule has 4 heteroatoms. The number of aryl methyl sites for hydroxylation is 2. The fourth-order valence-corrected chi connectivity index (χ4v) is 2.17. The van der Waals surface area contributed by atoms with Gasteiger partial charge in [-0.2, -0.15) is 0 Å². The van der Waals surface area contributed by atoms with Gasteiger partial charge in [-0.1, -0.05) is 32.0 Å². The molecule has 2 aromatic rings. The molecule has 0 radical (unpaired) electrons. The van der Waals surface area contributed by atoms with Crippen LogP contribution in [-0.4, -0.2) is 6.09 Å². The summed E-state index contributed by atoms with van der Waals surface area (Å²) >= 11 is 0. The first-order chi connectivity index (χ1) is 10.1. The lowest BCUT2D eigenvalue weighted by Gasteiger charge is -2.13. The van der Waals surface area contributed by atoms with Crippen molar-refractivity contribution < 1.29 is 9.53 Å². The van der Waals surface area contributed by atoms with Gasteiger partial charge in [0.15, 0.2) is 0 Å². The molecule has 0 atom stereocenters. The fourth-order valence-electron chi connectivity index (χ4n) is 2.17. The Balaban J connectivity index is 2.14. The highest BCUT2D eigenvalue weighted by atomic mass is 16.6. The van der Waals surface area contributed by atoms with Crippen molar-refractivity contribution in [3.63, 3.8) is 0 Å². The molecule has 0 saturated heterocycles. The van der Waals surface area contributed by atoms with Crippen LogP contribution in [0.25, 0.3) is 0 Å². The SMILES string of the molecule is CCc1cc(NC(=O)Oc2ccccc2)cc(CC)c1N. The van der Waals surface area contributed by atoms with Crippen molar-refractivity contribution in [1.29, 1.82) is 0 Å². The summed E-state index contributed by atoms with van der Waals surface area (Å²) in [6, 6.07) is 12.7. The third kappa shape index (κ3) is 3.75. The summed E-state index contributed by atoms with van der Waals surface area (Å²) in [5.74, 6) is 0.511. The second-order valence-corrected chi connectivity index (χ2v) is 4.74. The minimum Gasteiger partial charge on any atom is -0.410 e. The molecule has 110 valence electrons. The van der Waals surface area contributed by atoms with Crippen LogP contribution in [0.1, 0.15) is 25.0 Å². The van der Waals surface area contributed by atoms with E-state index in [0.29, 0.717) is 11.4 Å². The zero-order chi connectivity index (χ0) is 15.2. The fraction of sp³-hybridized carbons (Fsp3) is 0.235. The zero-order valence-electron chi connectivity index (χ0n) is 12.3. The van der Waals surface area contributed by atoms with Crippen LogP contribution < -0.4 is 15.8 Å². The Kier molecular flexibility index (Phi) is 4.82. The maximum Gasteiger partial charge on any atom is 0.417 e. The van der Waals surface area contributed by atoms with Gasteiger partial charge in [0.25, 0.3) is 0 Å². The number of hydrogen-bond acceptors (Lipinski definition) is 3. The van der Waals surface area contributed by atoms with Gasteiger partial charge in [-0.15, -0.1) is 0 Å². The number of para-hydroxylation sites is 1. The van der Waals surface area contributed by atoms with Gasteiger partial charge in [-0.05, 0) is 48.2 Å². The molecule has 21 heavy (non-hydrogen) atoms. The van der Waals surface area contributed by atoms with Crippen molar-refractivity contribution in [2.45, 2.75) is 26.7 Å². The summed E-state index contributed by atoms with van der Waals surface area (Å²) in [6.07, 6.45) is 1.14. The van der Waals surface area contributed by atoms with Gasteiger partial charge in [0.05, 0.1) is 0 Å². The van der Waals surface area contributed by atoms with Crippen molar-refractivity contribution in [1.82, 2.24) is 0 Å². The van der Waals surface area contributed by atoms with Crippen LogP contribution in [-0.2, 0) is 12.8 Å². The van der Waals surface area contributed by atoms with Crippen LogP contribution in [0.5, 0.6) is 5.75 Å². The maximum atomic E-state index is 11.9. The second kappa shape index (κ2) is 6.79. The van der Waals surface area contributed by atoms with Gasteiger partial charge in [-0.25, -0.2) is 4.79 Å². The first kappa shape index (κ1) is 14.9. The van der Waals surface area contributed by atoms with Gasteiger partial charge in [0.2, 0.25) is 0 Å². The summed E-state index contributed by atoms with van der Waals surface area (Å²) in [5, 5.41) is 2.75. The van der Waals surface area contributed by atoms with Crippen molar-refractivity contribution >= 4 is 17.5 Å². The Hall–Kier alpha value is -2.49. The highest BCUT2D eigenvalue weighted by molar-refractivity contribution is 5.87. The molecule has 0 saturated carbocycles. The largest absolute Gasteiger partial charge is 0.417 e. The summed E-state index contributed by atoms with van der Waals surface area (Å²) in [4.78, 5) is 11.9. The lowest BCUT2D eigenvalue weighted by atomic mass is 10.0. The molecule has 0 fully saturated rings. The van der Waals surface area contributed by atoms with Crippen LogP contribution in [0.15, 0.2) is 42.5 Å². The molecule has 0 aliphatic carbocycles.